The molecule has 2 aliphatic heterocycles. The van der Waals surface area contributed by atoms with Crippen molar-refractivity contribution in [2.75, 3.05) is 13.2 Å². The lowest BCUT2D eigenvalue weighted by molar-refractivity contribution is -0.364. The largest absolute Gasteiger partial charge is 0.463 e. The van der Waals surface area contributed by atoms with E-state index in [-0.39, 0.29) is 17.9 Å². The first kappa shape index (κ1) is 39.7. The minimum atomic E-state index is -1.76. The third kappa shape index (κ3) is 10.7. The Morgan fingerprint density at radius 1 is 0.490 bits per heavy atom. The van der Waals surface area contributed by atoms with Crippen LogP contribution in [0, 0.1) is 11.8 Å². The maximum atomic E-state index is 12.6. The zero-order valence-corrected chi connectivity index (χ0v) is 29.3. The molecule has 0 N–H and O–H groups in total. The van der Waals surface area contributed by atoms with Crippen LogP contribution in [0.2, 0.25) is 0 Å². The zero-order valence-electron chi connectivity index (χ0n) is 29.3. The molecule has 0 amide bonds. The Bertz CT molecular complexity index is 1360. The van der Waals surface area contributed by atoms with E-state index in [9.17, 15) is 33.6 Å². The average molecular weight is 729 g/mol. The van der Waals surface area contributed by atoms with Gasteiger partial charge in [-0.05, 0) is 18.8 Å². The van der Waals surface area contributed by atoms with Crippen LogP contribution in [0.5, 0.6) is 0 Å². The topological polar surface area (TPSA) is 221 Å². The van der Waals surface area contributed by atoms with Crippen LogP contribution < -0.4 is 0 Å². The molecule has 4 unspecified atom stereocenters. The van der Waals surface area contributed by atoms with Crippen molar-refractivity contribution >= 4 is 41.8 Å². The van der Waals surface area contributed by atoms with Crippen LogP contribution >= 0.6 is 0 Å². The summed E-state index contributed by atoms with van der Waals surface area (Å²) in [5, 5.41) is 0. The van der Waals surface area contributed by atoms with Crippen molar-refractivity contribution in [3.8, 4) is 0 Å². The normalized spacial score (nSPS) is 35.2. The fourth-order valence-corrected chi connectivity index (χ4v) is 6.64. The van der Waals surface area contributed by atoms with Gasteiger partial charge in [0.2, 0.25) is 0 Å². The number of carbonyl (C=O) groups excluding carboxylic acids is 7. The molecule has 0 spiro atoms. The number of fused-ring (bicyclic) bond motifs is 2. The highest BCUT2D eigenvalue weighted by molar-refractivity contribution is 5.69. The summed E-state index contributed by atoms with van der Waals surface area (Å²) in [6.45, 7) is 6.63. The second-order valence-electron chi connectivity index (χ2n) is 12.6. The molecule has 13 atom stereocenters. The molecule has 3 fully saturated rings. The highest BCUT2D eigenvalue weighted by Crippen LogP contribution is 2.43. The van der Waals surface area contributed by atoms with Crippen molar-refractivity contribution in [1.29, 1.82) is 0 Å². The molecule has 0 aromatic rings. The first-order valence-electron chi connectivity index (χ1n) is 16.4. The van der Waals surface area contributed by atoms with E-state index < -0.39 is 116 Å². The summed E-state index contributed by atoms with van der Waals surface area (Å²) in [5.41, 5.74) is 0. The molecule has 4 rings (SSSR count). The Labute approximate surface area is 293 Å². The van der Waals surface area contributed by atoms with E-state index in [2.05, 4.69) is 6.08 Å². The summed E-state index contributed by atoms with van der Waals surface area (Å²) >= 11 is 0. The zero-order chi connectivity index (χ0) is 37.6. The molecule has 2 heterocycles. The number of hydrogen-bond acceptors (Lipinski definition) is 18. The van der Waals surface area contributed by atoms with Gasteiger partial charge in [-0.3, -0.25) is 33.6 Å². The van der Waals surface area contributed by atoms with Gasteiger partial charge in [0.25, 0.3) is 0 Å². The van der Waals surface area contributed by atoms with E-state index in [1.165, 1.54) is 0 Å². The van der Waals surface area contributed by atoms with Gasteiger partial charge in [0.05, 0.1) is 6.10 Å². The van der Waals surface area contributed by atoms with Gasteiger partial charge in [-0.15, -0.1) is 0 Å². The lowest BCUT2D eigenvalue weighted by Gasteiger charge is -2.49. The molecule has 18 heteroatoms. The van der Waals surface area contributed by atoms with Gasteiger partial charge in [0.1, 0.15) is 31.5 Å². The van der Waals surface area contributed by atoms with Gasteiger partial charge in [0.15, 0.2) is 43.1 Å². The van der Waals surface area contributed by atoms with E-state index in [4.69, 9.17) is 52.1 Å². The predicted molar refractivity (Wildman–Crippen MR) is 163 cm³/mol. The molecule has 4 aliphatic rings. The molecule has 284 valence electrons. The first-order chi connectivity index (χ1) is 24.0. The molecular weight excluding hydrogens is 684 g/mol. The fourth-order valence-electron chi connectivity index (χ4n) is 6.64. The monoisotopic (exact) mass is 728 g/mol. The Hall–Kier alpha value is -4.13. The van der Waals surface area contributed by atoms with Crippen LogP contribution in [0.3, 0.4) is 0 Å². The summed E-state index contributed by atoms with van der Waals surface area (Å²) < 4.78 is 63.2. The number of esters is 7. The highest BCUT2D eigenvalue weighted by atomic mass is 16.8. The summed E-state index contributed by atoms with van der Waals surface area (Å²) in [6.07, 6.45) is -9.74. The molecule has 18 nitrogen and oxygen atoms in total. The molecule has 2 bridgehead atoms. The molecule has 51 heavy (non-hydrogen) atoms. The summed E-state index contributed by atoms with van der Waals surface area (Å²) in [7, 11) is 0. The molecule has 1 saturated carbocycles. The van der Waals surface area contributed by atoms with Crippen LogP contribution in [0.15, 0.2) is 12.2 Å². The maximum absolute atomic E-state index is 12.6. The van der Waals surface area contributed by atoms with Crippen molar-refractivity contribution in [2.24, 2.45) is 11.8 Å². The van der Waals surface area contributed by atoms with E-state index in [0.717, 1.165) is 54.9 Å². The number of allylic oxidation sites excluding steroid dienone is 1. The highest BCUT2D eigenvalue weighted by Gasteiger charge is 2.58. The fraction of sp³-hybridized carbons (Fsp3) is 0.727. The second-order valence-corrected chi connectivity index (χ2v) is 12.6. The average Bonchev–Trinajstić information content (AvgIpc) is 3.63. The van der Waals surface area contributed by atoms with Crippen molar-refractivity contribution in [2.45, 2.75) is 129 Å². The minimum absolute atomic E-state index is 0.0577. The standard InChI is InChI=1S/C33H44O18/c1-14(34)41-12-24-26(43-16(3)36)28(44-17(4)37)31(47-20(7)40)33(50-24)51-27-25(13-42-15(2)35)49-32(48-23-11-21-8-9-22(23)10-21)30(46-19(6)39)29(27)45-18(5)38/h8-9,21-33H,10-13H2,1-7H3/t21?,22?,23?,24-,25-,26+,27-,28+,29+,30-,31-,32?,33+/m1/s1. The van der Waals surface area contributed by atoms with Crippen molar-refractivity contribution in [3.05, 3.63) is 12.2 Å². The lowest BCUT2D eigenvalue weighted by atomic mass is 9.95. The minimum Gasteiger partial charge on any atom is -0.463 e. The van der Waals surface area contributed by atoms with E-state index in [1.54, 1.807) is 0 Å². The molecular formula is C33H44O18. The lowest BCUT2D eigenvalue weighted by Crippen LogP contribution is -2.67. The van der Waals surface area contributed by atoms with Gasteiger partial charge >= 0.3 is 41.8 Å². The van der Waals surface area contributed by atoms with Gasteiger partial charge in [-0.1, -0.05) is 12.2 Å². The van der Waals surface area contributed by atoms with E-state index >= 15 is 0 Å². The van der Waals surface area contributed by atoms with Gasteiger partial charge in [0, 0.05) is 54.4 Å². The third-order valence-corrected chi connectivity index (χ3v) is 8.41. The molecule has 2 saturated heterocycles. The summed E-state index contributed by atoms with van der Waals surface area (Å²) in [4.78, 5) is 85.7. The Morgan fingerprint density at radius 3 is 1.31 bits per heavy atom. The predicted octanol–water partition coefficient (Wildman–Crippen LogP) is 0.587. The van der Waals surface area contributed by atoms with Crippen LogP contribution in [0.4, 0.5) is 0 Å². The SMILES string of the molecule is CC(=O)OC[C@H]1O[C@@H](O[C@H]2[C@H](OC(C)=O)[C@@H](OC(C)=O)C(OC3CC4C=CC3C4)O[C@@H]2COC(C)=O)[C@H](OC(C)=O)[C@@H](OC(C)=O)[C@H]1OC(C)=O. The number of rotatable bonds is 13. The number of carbonyl (C=O) groups is 7. The van der Waals surface area contributed by atoms with Crippen molar-refractivity contribution < 1.29 is 85.7 Å². The maximum Gasteiger partial charge on any atom is 0.303 e. The first-order valence-corrected chi connectivity index (χ1v) is 16.4. The smallest absolute Gasteiger partial charge is 0.303 e. The van der Waals surface area contributed by atoms with Gasteiger partial charge in [-0.2, -0.15) is 0 Å². The van der Waals surface area contributed by atoms with Crippen LogP contribution in [0.25, 0.3) is 0 Å². The Morgan fingerprint density at radius 2 is 0.902 bits per heavy atom. The number of hydrogen-bond donors (Lipinski definition) is 0. The summed E-state index contributed by atoms with van der Waals surface area (Å²) in [5.74, 6) is -5.32. The molecule has 2 aliphatic carbocycles. The molecule has 0 radical (unpaired) electrons. The van der Waals surface area contributed by atoms with Gasteiger partial charge in [-0.25, -0.2) is 0 Å². The second kappa shape index (κ2) is 17.4. The molecule has 0 aromatic heterocycles. The molecule has 0 aromatic carbocycles. The van der Waals surface area contributed by atoms with Crippen LogP contribution in [-0.4, -0.2) is 123 Å². The Balaban J connectivity index is 1.77. The summed E-state index contributed by atoms with van der Waals surface area (Å²) in [6, 6.07) is 0. The van der Waals surface area contributed by atoms with Crippen molar-refractivity contribution in [3.63, 3.8) is 0 Å². The Kier molecular flexibility index (Phi) is 13.5. The third-order valence-electron chi connectivity index (χ3n) is 8.41. The van der Waals surface area contributed by atoms with E-state index in [0.29, 0.717) is 6.42 Å². The van der Waals surface area contributed by atoms with Crippen LogP contribution in [0.1, 0.15) is 61.3 Å². The van der Waals surface area contributed by atoms with E-state index in [1.807, 2.05) is 6.08 Å². The number of ether oxygens (including phenoxy) is 11. The van der Waals surface area contributed by atoms with Crippen molar-refractivity contribution in [1.82, 2.24) is 0 Å². The quantitative estimate of drug-likeness (QED) is 0.144. The van der Waals surface area contributed by atoms with Gasteiger partial charge < -0.3 is 52.1 Å². The van der Waals surface area contributed by atoms with Crippen LogP contribution in [-0.2, 0) is 85.7 Å².